The second-order valence-electron chi connectivity index (χ2n) is 6.87. The second kappa shape index (κ2) is 10.2. The van der Waals surface area contributed by atoms with Gasteiger partial charge in [0.05, 0.1) is 25.6 Å². The third-order valence-corrected chi connectivity index (χ3v) is 5.43. The van der Waals surface area contributed by atoms with E-state index in [0.29, 0.717) is 23.1 Å². The number of carbonyl (C=O) groups excluding carboxylic acids is 1. The predicted molar refractivity (Wildman–Crippen MR) is 114 cm³/mol. The number of amides is 1. The molecule has 0 heterocycles. The number of carbonyl (C=O) groups is 1. The van der Waals surface area contributed by atoms with Crippen LogP contribution in [-0.2, 0) is 14.8 Å². The van der Waals surface area contributed by atoms with Gasteiger partial charge in [-0.3, -0.25) is 9.10 Å². The van der Waals surface area contributed by atoms with Crippen LogP contribution in [0.15, 0.2) is 48.5 Å². The van der Waals surface area contributed by atoms with Gasteiger partial charge in [0.1, 0.15) is 13.2 Å². The minimum Gasteiger partial charge on any atom is -0.493 e. The second-order valence-corrected chi connectivity index (χ2v) is 8.77. The van der Waals surface area contributed by atoms with Crippen LogP contribution in [0.4, 0.5) is 5.69 Å². The number of rotatable bonds is 10. The van der Waals surface area contributed by atoms with Crippen molar-refractivity contribution in [2.24, 2.45) is 0 Å². The third kappa shape index (κ3) is 6.67. The Morgan fingerprint density at radius 1 is 1.07 bits per heavy atom. The number of nitrogens with zero attached hydrogens (tertiary/aromatic N) is 1. The lowest BCUT2D eigenvalue weighted by Crippen LogP contribution is -2.41. The maximum Gasteiger partial charge on any atom is 0.240 e. The quantitative estimate of drug-likeness (QED) is 0.598. The molecule has 7 nitrogen and oxygen atoms in total. The highest BCUT2D eigenvalue weighted by atomic mass is 32.2. The van der Waals surface area contributed by atoms with Gasteiger partial charge in [0, 0.05) is 0 Å². The number of nitrogens with one attached hydrogen (secondary N) is 1. The van der Waals surface area contributed by atoms with Crippen molar-refractivity contribution in [3.05, 3.63) is 54.1 Å². The fourth-order valence-electron chi connectivity index (χ4n) is 2.70. The topological polar surface area (TPSA) is 84.9 Å². The van der Waals surface area contributed by atoms with Crippen LogP contribution in [0.3, 0.4) is 0 Å². The summed E-state index contributed by atoms with van der Waals surface area (Å²) < 4.78 is 36.2. The van der Waals surface area contributed by atoms with Crippen molar-refractivity contribution in [2.75, 3.05) is 37.4 Å². The van der Waals surface area contributed by atoms with Crippen LogP contribution in [0.25, 0.3) is 0 Å². The summed E-state index contributed by atoms with van der Waals surface area (Å²) in [6.07, 6.45) is 1.08. The molecule has 158 valence electrons. The summed E-state index contributed by atoms with van der Waals surface area (Å²) >= 11 is 0. The van der Waals surface area contributed by atoms with Gasteiger partial charge in [0.15, 0.2) is 11.5 Å². The highest BCUT2D eigenvalue weighted by Crippen LogP contribution is 2.25. The number of benzene rings is 2. The summed E-state index contributed by atoms with van der Waals surface area (Å²) in [6, 6.07) is 14.4. The van der Waals surface area contributed by atoms with E-state index in [2.05, 4.69) is 19.2 Å². The number of anilines is 1. The van der Waals surface area contributed by atoms with Crippen LogP contribution in [0.1, 0.15) is 25.3 Å². The highest BCUT2D eigenvalue weighted by Gasteiger charge is 2.20. The van der Waals surface area contributed by atoms with Crippen LogP contribution < -0.4 is 19.1 Å². The van der Waals surface area contributed by atoms with E-state index >= 15 is 0 Å². The minimum absolute atomic E-state index is 0.230. The summed E-state index contributed by atoms with van der Waals surface area (Å²) in [5.41, 5.74) is 1.55. The van der Waals surface area contributed by atoms with E-state index in [4.69, 9.17) is 9.47 Å². The van der Waals surface area contributed by atoms with Crippen LogP contribution in [0.2, 0.25) is 0 Å². The van der Waals surface area contributed by atoms with E-state index in [0.717, 1.165) is 16.1 Å². The molecule has 2 rings (SSSR count). The SMILES string of the molecule is COc1ccccc1OCCNC(=O)CN(c1ccc(C(C)C)cc1)S(C)(=O)=O. The molecule has 2 aromatic carbocycles. The molecule has 0 aliphatic heterocycles. The van der Waals surface area contributed by atoms with Crippen molar-refractivity contribution >= 4 is 21.6 Å². The van der Waals surface area contributed by atoms with Gasteiger partial charge in [-0.05, 0) is 35.7 Å². The summed E-state index contributed by atoms with van der Waals surface area (Å²) in [5.74, 6) is 1.11. The summed E-state index contributed by atoms with van der Waals surface area (Å²) in [6.45, 7) is 4.29. The zero-order chi connectivity index (χ0) is 21.4. The zero-order valence-electron chi connectivity index (χ0n) is 17.2. The first-order valence-electron chi connectivity index (χ1n) is 9.32. The Labute approximate surface area is 172 Å². The molecule has 0 aliphatic carbocycles. The van der Waals surface area contributed by atoms with Crippen molar-refractivity contribution in [1.29, 1.82) is 0 Å². The molecule has 1 amide bonds. The van der Waals surface area contributed by atoms with Crippen molar-refractivity contribution in [3.8, 4) is 11.5 Å². The van der Waals surface area contributed by atoms with Gasteiger partial charge in [-0.1, -0.05) is 38.1 Å². The number of hydrogen-bond acceptors (Lipinski definition) is 5. The first kappa shape index (κ1) is 22.5. The molecule has 0 radical (unpaired) electrons. The Hall–Kier alpha value is -2.74. The standard InChI is InChI=1S/C21H28N2O5S/c1-16(2)17-9-11-18(12-10-17)23(29(4,25)26)15-21(24)22-13-14-28-20-8-6-5-7-19(20)27-3/h5-12,16H,13-15H2,1-4H3,(H,22,24). The molecule has 29 heavy (non-hydrogen) atoms. The van der Waals surface area contributed by atoms with Gasteiger partial charge in [-0.15, -0.1) is 0 Å². The molecule has 0 aromatic heterocycles. The number of ether oxygens (including phenoxy) is 2. The Bertz CT molecular complexity index is 911. The lowest BCUT2D eigenvalue weighted by Gasteiger charge is -2.22. The molecule has 0 saturated heterocycles. The van der Waals surface area contributed by atoms with E-state index in [1.54, 1.807) is 31.4 Å². The van der Waals surface area contributed by atoms with Gasteiger partial charge in [-0.25, -0.2) is 8.42 Å². The maximum absolute atomic E-state index is 12.3. The molecular formula is C21H28N2O5S. The Morgan fingerprint density at radius 2 is 1.69 bits per heavy atom. The van der Waals surface area contributed by atoms with Gasteiger partial charge in [0.2, 0.25) is 15.9 Å². The summed E-state index contributed by atoms with van der Waals surface area (Å²) in [7, 11) is -2.05. The Balaban J connectivity index is 1.93. The average Bonchev–Trinajstić information content (AvgIpc) is 2.69. The highest BCUT2D eigenvalue weighted by molar-refractivity contribution is 7.92. The van der Waals surface area contributed by atoms with Crippen LogP contribution >= 0.6 is 0 Å². The molecule has 0 atom stereocenters. The zero-order valence-corrected chi connectivity index (χ0v) is 18.0. The lowest BCUT2D eigenvalue weighted by molar-refractivity contribution is -0.119. The van der Waals surface area contributed by atoms with Crippen molar-refractivity contribution < 1.29 is 22.7 Å². The normalized spacial score (nSPS) is 11.2. The third-order valence-electron chi connectivity index (χ3n) is 4.29. The number of hydrogen-bond donors (Lipinski definition) is 1. The fraction of sp³-hybridized carbons (Fsp3) is 0.381. The van der Waals surface area contributed by atoms with Crippen LogP contribution in [0.5, 0.6) is 11.5 Å². The van der Waals surface area contributed by atoms with Crippen molar-refractivity contribution in [3.63, 3.8) is 0 Å². The molecular weight excluding hydrogens is 392 g/mol. The lowest BCUT2D eigenvalue weighted by atomic mass is 10.0. The Morgan fingerprint density at radius 3 is 2.24 bits per heavy atom. The number of methoxy groups -OCH3 is 1. The number of para-hydroxylation sites is 2. The van der Waals surface area contributed by atoms with Crippen molar-refractivity contribution in [1.82, 2.24) is 5.32 Å². The number of sulfonamides is 1. The van der Waals surface area contributed by atoms with E-state index in [1.807, 2.05) is 24.3 Å². The Kier molecular flexibility index (Phi) is 7.90. The molecule has 0 unspecified atom stereocenters. The first-order chi connectivity index (χ1) is 13.7. The monoisotopic (exact) mass is 420 g/mol. The van der Waals surface area contributed by atoms with E-state index in [1.165, 1.54) is 0 Å². The maximum atomic E-state index is 12.3. The minimum atomic E-state index is -3.60. The van der Waals surface area contributed by atoms with E-state index in [9.17, 15) is 13.2 Å². The molecule has 0 fully saturated rings. The molecule has 8 heteroatoms. The molecule has 2 aromatic rings. The fourth-order valence-corrected chi connectivity index (χ4v) is 3.56. The summed E-state index contributed by atoms with van der Waals surface area (Å²) in [4.78, 5) is 12.3. The van der Waals surface area contributed by atoms with Gasteiger partial charge in [0.25, 0.3) is 0 Å². The van der Waals surface area contributed by atoms with Gasteiger partial charge < -0.3 is 14.8 Å². The van der Waals surface area contributed by atoms with Crippen molar-refractivity contribution in [2.45, 2.75) is 19.8 Å². The van der Waals surface area contributed by atoms with Gasteiger partial charge >= 0.3 is 0 Å². The molecule has 0 spiro atoms. The molecule has 0 aliphatic rings. The van der Waals surface area contributed by atoms with E-state index in [-0.39, 0.29) is 19.7 Å². The first-order valence-corrected chi connectivity index (χ1v) is 11.2. The average molecular weight is 421 g/mol. The molecule has 0 bridgehead atoms. The van der Waals surface area contributed by atoms with E-state index < -0.39 is 15.9 Å². The van der Waals surface area contributed by atoms with Crippen LogP contribution in [-0.4, -0.2) is 47.4 Å². The molecule has 0 saturated carbocycles. The largest absolute Gasteiger partial charge is 0.493 e. The molecule has 1 N–H and O–H groups in total. The van der Waals surface area contributed by atoms with Crippen LogP contribution in [0, 0.1) is 0 Å². The van der Waals surface area contributed by atoms with Gasteiger partial charge in [-0.2, -0.15) is 0 Å². The smallest absolute Gasteiger partial charge is 0.240 e. The predicted octanol–water partition coefficient (Wildman–Crippen LogP) is 2.78. The summed E-state index contributed by atoms with van der Waals surface area (Å²) in [5, 5.41) is 2.68.